The molecule has 0 saturated carbocycles. The molecule has 0 saturated heterocycles. The molecule has 5 nitrogen and oxygen atoms in total. The third kappa shape index (κ3) is 2.09. The molecule has 110 valence electrons. The molecule has 0 aromatic carbocycles. The Bertz CT molecular complexity index is 681. The summed E-state index contributed by atoms with van der Waals surface area (Å²) >= 11 is 1.68. The van der Waals surface area contributed by atoms with Crippen LogP contribution in [0.1, 0.15) is 45.1 Å². The van der Waals surface area contributed by atoms with E-state index in [4.69, 9.17) is 0 Å². The molecule has 21 heavy (non-hydrogen) atoms. The standard InChI is InChI=1S/C15H18N4OS/c1-2-13-16-17-14-9-18(6-7-19(13)14)15(20)12-8-10-4-3-5-11(10)21-12/h8H,2-7,9H2,1H3. The van der Waals surface area contributed by atoms with Gasteiger partial charge in [0.25, 0.3) is 5.91 Å². The molecule has 1 aliphatic carbocycles. The Morgan fingerprint density at radius 3 is 3.05 bits per heavy atom. The second-order valence-corrected chi connectivity index (χ2v) is 6.81. The number of aryl methyl sites for hydroxylation is 3. The summed E-state index contributed by atoms with van der Waals surface area (Å²) in [5, 5.41) is 8.43. The van der Waals surface area contributed by atoms with E-state index >= 15 is 0 Å². The molecule has 0 atom stereocenters. The fourth-order valence-electron chi connectivity index (χ4n) is 3.24. The third-order valence-corrected chi connectivity index (χ3v) is 5.62. The lowest BCUT2D eigenvalue weighted by Crippen LogP contribution is -2.38. The summed E-state index contributed by atoms with van der Waals surface area (Å²) in [6, 6.07) is 2.10. The molecule has 2 aliphatic rings. The summed E-state index contributed by atoms with van der Waals surface area (Å²) in [5.74, 6) is 2.09. The van der Waals surface area contributed by atoms with Gasteiger partial charge >= 0.3 is 0 Å². The third-order valence-electron chi connectivity index (χ3n) is 4.39. The molecule has 3 heterocycles. The van der Waals surface area contributed by atoms with Gasteiger partial charge in [-0.2, -0.15) is 0 Å². The van der Waals surface area contributed by atoms with Crippen LogP contribution in [-0.2, 0) is 32.4 Å². The van der Waals surface area contributed by atoms with Gasteiger partial charge in [0.05, 0.1) is 11.4 Å². The first kappa shape index (κ1) is 13.0. The highest BCUT2D eigenvalue weighted by Gasteiger charge is 2.27. The molecule has 2 aromatic rings. The monoisotopic (exact) mass is 302 g/mol. The van der Waals surface area contributed by atoms with Crippen molar-refractivity contribution in [2.24, 2.45) is 0 Å². The van der Waals surface area contributed by atoms with Crippen LogP contribution in [0.4, 0.5) is 0 Å². The number of hydrogen-bond donors (Lipinski definition) is 0. The average molecular weight is 302 g/mol. The van der Waals surface area contributed by atoms with Gasteiger partial charge in [0.1, 0.15) is 5.82 Å². The van der Waals surface area contributed by atoms with E-state index < -0.39 is 0 Å². The maximum Gasteiger partial charge on any atom is 0.264 e. The number of amides is 1. The zero-order chi connectivity index (χ0) is 14.4. The molecule has 6 heteroatoms. The fourth-order valence-corrected chi connectivity index (χ4v) is 4.46. The van der Waals surface area contributed by atoms with Gasteiger partial charge in [0.15, 0.2) is 5.82 Å². The summed E-state index contributed by atoms with van der Waals surface area (Å²) in [6.07, 6.45) is 4.40. The van der Waals surface area contributed by atoms with Crippen LogP contribution in [0.25, 0.3) is 0 Å². The van der Waals surface area contributed by atoms with Crippen molar-refractivity contribution in [1.82, 2.24) is 19.7 Å². The van der Waals surface area contributed by atoms with Crippen LogP contribution in [0.2, 0.25) is 0 Å². The Morgan fingerprint density at radius 1 is 1.33 bits per heavy atom. The highest BCUT2D eigenvalue weighted by atomic mass is 32.1. The van der Waals surface area contributed by atoms with E-state index in [9.17, 15) is 4.79 Å². The topological polar surface area (TPSA) is 51.0 Å². The van der Waals surface area contributed by atoms with E-state index in [1.807, 2.05) is 4.90 Å². The van der Waals surface area contributed by atoms with Crippen molar-refractivity contribution in [3.63, 3.8) is 0 Å². The van der Waals surface area contributed by atoms with Crippen LogP contribution in [-0.4, -0.2) is 32.1 Å². The maximum atomic E-state index is 12.7. The van der Waals surface area contributed by atoms with Crippen molar-refractivity contribution >= 4 is 17.2 Å². The van der Waals surface area contributed by atoms with Crippen LogP contribution < -0.4 is 0 Å². The number of carbonyl (C=O) groups excluding carboxylic acids is 1. The second kappa shape index (κ2) is 4.94. The minimum atomic E-state index is 0.154. The molecular formula is C15H18N4OS. The Balaban J connectivity index is 1.55. The van der Waals surface area contributed by atoms with E-state index in [1.165, 1.54) is 16.9 Å². The minimum absolute atomic E-state index is 0.154. The largest absolute Gasteiger partial charge is 0.329 e. The van der Waals surface area contributed by atoms with Crippen LogP contribution in [0.3, 0.4) is 0 Å². The molecule has 0 unspecified atom stereocenters. The number of carbonyl (C=O) groups is 1. The Hall–Kier alpha value is -1.69. The SMILES string of the molecule is CCc1nnc2n1CCN(C(=O)c1cc3c(s1)CCC3)C2. The van der Waals surface area contributed by atoms with Crippen molar-refractivity contribution < 1.29 is 4.79 Å². The van der Waals surface area contributed by atoms with Gasteiger partial charge in [-0.15, -0.1) is 21.5 Å². The molecule has 0 radical (unpaired) electrons. The van der Waals surface area contributed by atoms with E-state index in [0.717, 1.165) is 48.9 Å². The van der Waals surface area contributed by atoms with Crippen molar-refractivity contribution in [1.29, 1.82) is 0 Å². The number of thiophene rings is 1. The Kier molecular flexibility index (Phi) is 3.06. The van der Waals surface area contributed by atoms with Crippen molar-refractivity contribution in [2.75, 3.05) is 6.54 Å². The lowest BCUT2D eigenvalue weighted by Gasteiger charge is -2.27. The second-order valence-electron chi connectivity index (χ2n) is 5.68. The number of hydrogen-bond acceptors (Lipinski definition) is 4. The Labute approximate surface area is 127 Å². The van der Waals surface area contributed by atoms with Gasteiger partial charge in [0, 0.05) is 24.4 Å². The predicted octanol–water partition coefficient (Wildman–Crippen LogP) is 2.05. The molecule has 1 amide bonds. The number of rotatable bonds is 2. The molecule has 0 bridgehead atoms. The summed E-state index contributed by atoms with van der Waals surface area (Å²) in [7, 11) is 0. The first-order valence-corrected chi connectivity index (χ1v) is 8.39. The molecule has 0 N–H and O–H groups in total. The number of nitrogens with zero attached hydrogens (tertiary/aromatic N) is 4. The van der Waals surface area contributed by atoms with E-state index in [0.29, 0.717) is 6.54 Å². The first-order valence-electron chi connectivity index (χ1n) is 7.58. The lowest BCUT2D eigenvalue weighted by molar-refractivity contribution is 0.0711. The van der Waals surface area contributed by atoms with Crippen molar-refractivity contribution in [2.45, 2.75) is 45.7 Å². The number of fused-ring (bicyclic) bond motifs is 2. The van der Waals surface area contributed by atoms with Gasteiger partial charge in [-0.1, -0.05) is 6.92 Å². The van der Waals surface area contributed by atoms with E-state index in [2.05, 4.69) is 27.8 Å². The van der Waals surface area contributed by atoms with Crippen LogP contribution >= 0.6 is 11.3 Å². The fraction of sp³-hybridized carbons (Fsp3) is 0.533. The van der Waals surface area contributed by atoms with Crippen molar-refractivity contribution in [3.05, 3.63) is 33.0 Å². The van der Waals surface area contributed by atoms with Gasteiger partial charge in [-0.3, -0.25) is 4.79 Å². The minimum Gasteiger partial charge on any atom is -0.329 e. The highest BCUT2D eigenvalue weighted by Crippen LogP contribution is 2.31. The van der Waals surface area contributed by atoms with Crippen LogP contribution in [0.5, 0.6) is 0 Å². The Morgan fingerprint density at radius 2 is 2.24 bits per heavy atom. The molecule has 0 fully saturated rings. The average Bonchev–Trinajstić information content (AvgIpc) is 3.19. The molecule has 1 aliphatic heterocycles. The smallest absolute Gasteiger partial charge is 0.264 e. The van der Waals surface area contributed by atoms with Gasteiger partial charge in [-0.05, 0) is 30.9 Å². The number of aromatic nitrogens is 3. The summed E-state index contributed by atoms with van der Waals surface area (Å²) in [6.45, 7) is 4.22. The molecule has 4 rings (SSSR count). The van der Waals surface area contributed by atoms with E-state index in [-0.39, 0.29) is 5.91 Å². The highest BCUT2D eigenvalue weighted by molar-refractivity contribution is 7.14. The zero-order valence-electron chi connectivity index (χ0n) is 12.1. The lowest BCUT2D eigenvalue weighted by atomic mass is 10.2. The zero-order valence-corrected chi connectivity index (χ0v) is 12.9. The van der Waals surface area contributed by atoms with Crippen LogP contribution in [0, 0.1) is 0 Å². The summed E-state index contributed by atoms with van der Waals surface area (Å²) in [4.78, 5) is 16.9. The summed E-state index contributed by atoms with van der Waals surface area (Å²) in [5.41, 5.74) is 1.39. The summed E-state index contributed by atoms with van der Waals surface area (Å²) < 4.78 is 2.15. The first-order chi connectivity index (χ1) is 10.3. The maximum absolute atomic E-state index is 12.7. The van der Waals surface area contributed by atoms with Crippen molar-refractivity contribution in [3.8, 4) is 0 Å². The van der Waals surface area contributed by atoms with Gasteiger partial charge in [0.2, 0.25) is 0 Å². The quantitative estimate of drug-likeness (QED) is 0.853. The van der Waals surface area contributed by atoms with E-state index in [1.54, 1.807) is 11.3 Å². The van der Waals surface area contributed by atoms with Gasteiger partial charge < -0.3 is 9.47 Å². The molecule has 0 spiro atoms. The van der Waals surface area contributed by atoms with Gasteiger partial charge in [-0.25, -0.2) is 0 Å². The molecular weight excluding hydrogens is 284 g/mol. The normalized spacial score (nSPS) is 16.9. The van der Waals surface area contributed by atoms with Crippen LogP contribution in [0.15, 0.2) is 6.07 Å². The molecule has 2 aromatic heterocycles. The predicted molar refractivity (Wildman–Crippen MR) is 80.5 cm³/mol.